The quantitative estimate of drug-likeness (QED) is 0.749. The zero-order chi connectivity index (χ0) is 17.1. The first kappa shape index (κ1) is 16.0. The molecule has 3 aromatic rings. The molecule has 3 aromatic heterocycles. The van der Waals surface area contributed by atoms with Gasteiger partial charge in [-0.25, -0.2) is 15.0 Å². The van der Waals surface area contributed by atoms with Gasteiger partial charge in [0.15, 0.2) is 11.6 Å². The Hall–Kier alpha value is -2.83. The highest BCUT2D eigenvalue weighted by Crippen LogP contribution is 2.24. The predicted octanol–water partition coefficient (Wildman–Crippen LogP) is 3.08. The van der Waals surface area contributed by atoms with Crippen molar-refractivity contribution < 1.29 is 0 Å². The smallest absolute Gasteiger partial charge is 0.180 e. The fraction of sp³-hybridized carbons (Fsp3) is 0.353. The summed E-state index contributed by atoms with van der Waals surface area (Å²) >= 11 is 0. The van der Waals surface area contributed by atoms with Crippen LogP contribution >= 0.6 is 0 Å². The Morgan fingerprint density at radius 2 is 1.92 bits per heavy atom. The Morgan fingerprint density at radius 1 is 1.08 bits per heavy atom. The van der Waals surface area contributed by atoms with Gasteiger partial charge in [-0.2, -0.15) is 5.10 Å². The van der Waals surface area contributed by atoms with Crippen LogP contribution in [0.4, 0.5) is 5.82 Å². The first-order chi connectivity index (χ1) is 11.5. The molecule has 0 amide bonds. The van der Waals surface area contributed by atoms with Crippen LogP contribution in [0, 0.1) is 19.8 Å². The Labute approximate surface area is 141 Å². The van der Waals surface area contributed by atoms with Crippen LogP contribution in [0.15, 0.2) is 30.5 Å². The molecule has 0 aliphatic heterocycles. The monoisotopic (exact) mass is 323 g/mol. The molecule has 0 fully saturated rings. The normalized spacial score (nSPS) is 12.4. The van der Waals surface area contributed by atoms with Gasteiger partial charge < -0.3 is 5.32 Å². The molecule has 0 bridgehead atoms. The van der Waals surface area contributed by atoms with Crippen molar-refractivity contribution in [3.63, 3.8) is 0 Å². The molecule has 24 heavy (non-hydrogen) atoms. The topological polar surface area (TPSA) is 92.3 Å². The summed E-state index contributed by atoms with van der Waals surface area (Å²) in [6.45, 7) is 8.08. The van der Waals surface area contributed by atoms with E-state index in [0.29, 0.717) is 11.7 Å². The highest BCUT2D eigenvalue weighted by Gasteiger charge is 2.21. The van der Waals surface area contributed by atoms with E-state index in [9.17, 15) is 0 Å². The maximum Gasteiger partial charge on any atom is 0.180 e. The molecule has 3 rings (SSSR count). The Balaban J connectivity index is 1.92. The van der Waals surface area contributed by atoms with Crippen molar-refractivity contribution in [2.75, 3.05) is 5.32 Å². The summed E-state index contributed by atoms with van der Waals surface area (Å²) in [6.07, 6.45) is 1.74. The van der Waals surface area contributed by atoms with E-state index in [2.05, 4.69) is 49.3 Å². The first-order valence-electron chi connectivity index (χ1n) is 7.95. The first-order valence-corrected chi connectivity index (χ1v) is 7.95. The SMILES string of the molecule is Cc1cc(NC(c2n[nH]c(C)n2)C(C)C)nc(-c2ccccn2)n1. The number of aromatic nitrogens is 6. The van der Waals surface area contributed by atoms with E-state index < -0.39 is 0 Å². The van der Waals surface area contributed by atoms with Crippen LogP contribution in [-0.4, -0.2) is 30.1 Å². The van der Waals surface area contributed by atoms with Gasteiger partial charge in [0.25, 0.3) is 0 Å². The third kappa shape index (κ3) is 3.56. The zero-order valence-electron chi connectivity index (χ0n) is 14.3. The number of nitrogens with one attached hydrogen (secondary N) is 2. The van der Waals surface area contributed by atoms with Gasteiger partial charge in [0.05, 0.1) is 6.04 Å². The minimum atomic E-state index is -0.0409. The molecule has 3 heterocycles. The van der Waals surface area contributed by atoms with Crippen LogP contribution in [-0.2, 0) is 0 Å². The van der Waals surface area contributed by atoms with Gasteiger partial charge in [-0.15, -0.1) is 0 Å². The van der Waals surface area contributed by atoms with Crippen molar-refractivity contribution in [1.82, 2.24) is 30.1 Å². The van der Waals surface area contributed by atoms with Gasteiger partial charge in [-0.05, 0) is 31.9 Å². The van der Waals surface area contributed by atoms with E-state index >= 15 is 0 Å². The molecular formula is C17H21N7. The third-order valence-electron chi connectivity index (χ3n) is 3.61. The van der Waals surface area contributed by atoms with Crippen LogP contribution in [0.1, 0.15) is 37.2 Å². The van der Waals surface area contributed by atoms with E-state index in [0.717, 1.165) is 28.9 Å². The highest BCUT2D eigenvalue weighted by atomic mass is 15.2. The summed E-state index contributed by atoms with van der Waals surface area (Å²) in [7, 11) is 0. The Morgan fingerprint density at radius 3 is 2.54 bits per heavy atom. The average molecular weight is 323 g/mol. The van der Waals surface area contributed by atoms with Gasteiger partial charge in [0, 0.05) is 18.0 Å². The minimum Gasteiger partial charge on any atom is -0.360 e. The molecule has 0 spiro atoms. The lowest BCUT2D eigenvalue weighted by molar-refractivity contribution is 0.521. The van der Waals surface area contributed by atoms with E-state index in [1.165, 1.54) is 0 Å². The van der Waals surface area contributed by atoms with Crippen LogP contribution in [0.2, 0.25) is 0 Å². The number of pyridine rings is 1. The lowest BCUT2D eigenvalue weighted by Crippen LogP contribution is -2.19. The standard InChI is InChI=1S/C17H21N7/c1-10(2)15(17-20-12(4)23-24-17)21-14-9-11(3)19-16(22-14)13-7-5-6-8-18-13/h5-10,15H,1-4H3,(H,19,21,22)(H,20,23,24). The number of aryl methyl sites for hydroxylation is 2. The van der Waals surface area contributed by atoms with Gasteiger partial charge in [-0.1, -0.05) is 19.9 Å². The summed E-state index contributed by atoms with van der Waals surface area (Å²) in [5.74, 6) is 3.17. The molecule has 0 aromatic carbocycles. The van der Waals surface area contributed by atoms with Gasteiger partial charge in [0.2, 0.25) is 0 Å². The summed E-state index contributed by atoms with van der Waals surface area (Å²) < 4.78 is 0. The van der Waals surface area contributed by atoms with Crippen LogP contribution in [0.3, 0.4) is 0 Å². The van der Waals surface area contributed by atoms with Crippen molar-refractivity contribution in [1.29, 1.82) is 0 Å². The molecule has 124 valence electrons. The van der Waals surface area contributed by atoms with Gasteiger partial charge in [-0.3, -0.25) is 10.1 Å². The number of hydrogen-bond acceptors (Lipinski definition) is 6. The van der Waals surface area contributed by atoms with E-state index in [-0.39, 0.29) is 6.04 Å². The molecule has 0 saturated carbocycles. The Kier molecular flexibility index (Phi) is 4.50. The van der Waals surface area contributed by atoms with Crippen LogP contribution < -0.4 is 5.32 Å². The Bertz CT molecular complexity index is 811. The van der Waals surface area contributed by atoms with Crippen molar-refractivity contribution in [2.45, 2.75) is 33.7 Å². The second kappa shape index (κ2) is 6.74. The third-order valence-corrected chi connectivity index (χ3v) is 3.61. The predicted molar refractivity (Wildman–Crippen MR) is 92.3 cm³/mol. The fourth-order valence-corrected chi connectivity index (χ4v) is 2.44. The molecule has 0 aliphatic carbocycles. The van der Waals surface area contributed by atoms with Crippen LogP contribution in [0.5, 0.6) is 0 Å². The zero-order valence-corrected chi connectivity index (χ0v) is 14.3. The van der Waals surface area contributed by atoms with E-state index in [1.807, 2.05) is 38.1 Å². The second-order valence-electron chi connectivity index (χ2n) is 6.08. The molecule has 0 aliphatic rings. The van der Waals surface area contributed by atoms with Gasteiger partial charge in [0.1, 0.15) is 17.3 Å². The molecule has 0 saturated heterocycles. The van der Waals surface area contributed by atoms with Crippen molar-refractivity contribution in [3.05, 3.63) is 47.8 Å². The van der Waals surface area contributed by atoms with Crippen molar-refractivity contribution in [2.24, 2.45) is 5.92 Å². The molecule has 0 radical (unpaired) electrons. The van der Waals surface area contributed by atoms with Crippen LogP contribution in [0.25, 0.3) is 11.5 Å². The number of H-pyrrole nitrogens is 1. The number of nitrogens with zero attached hydrogens (tertiary/aromatic N) is 5. The van der Waals surface area contributed by atoms with Crippen molar-refractivity contribution in [3.8, 4) is 11.5 Å². The fourth-order valence-electron chi connectivity index (χ4n) is 2.44. The van der Waals surface area contributed by atoms with Gasteiger partial charge >= 0.3 is 0 Å². The number of hydrogen-bond donors (Lipinski definition) is 2. The second-order valence-corrected chi connectivity index (χ2v) is 6.08. The van der Waals surface area contributed by atoms with E-state index in [4.69, 9.17) is 0 Å². The molecule has 1 unspecified atom stereocenters. The van der Waals surface area contributed by atoms with Crippen molar-refractivity contribution >= 4 is 5.82 Å². The summed E-state index contributed by atoms with van der Waals surface area (Å²) in [5, 5.41) is 10.6. The maximum atomic E-state index is 4.61. The number of rotatable bonds is 5. The molecule has 7 nitrogen and oxygen atoms in total. The average Bonchev–Trinajstić information content (AvgIpc) is 2.99. The summed E-state index contributed by atoms with van der Waals surface area (Å²) in [5.41, 5.74) is 1.63. The number of aromatic amines is 1. The molecule has 7 heteroatoms. The van der Waals surface area contributed by atoms with E-state index in [1.54, 1.807) is 6.20 Å². The lowest BCUT2D eigenvalue weighted by atomic mass is 10.0. The molecule has 2 N–H and O–H groups in total. The summed E-state index contributed by atoms with van der Waals surface area (Å²) in [4.78, 5) is 17.9. The molecular weight excluding hydrogens is 302 g/mol. The number of anilines is 1. The minimum absolute atomic E-state index is 0.0409. The summed E-state index contributed by atoms with van der Waals surface area (Å²) in [6, 6.07) is 7.58. The molecule has 1 atom stereocenters. The lowest BCUT2D eigenvalue weighted by Gasteiger charge is -2.20. The maximum absolute atomic E-state index is 4.61. The highest BCUT2D eigenvalue weighted by molar-refractivity contribution is 5.53. The largest absolute Gasteiger partial charge is 0.360 e.